The maximum Gasteiger partial charge on any atom is 0.258 e. The number of pyridine rings is 1. The van der Waals surface area contributed by atoms with Gasteiger partial charge in [0, 0.05) is 29.2 Å². The average molecular weight is 435 g/mol. The number of amides is 1. The summed E-state index contributed by atoms with van der Waals surface area (Å²) in [5, 5.41) is 12.0. The molecule has 31 heavy (non-hydrogen) atoms. The van der Waals surface area contributed by atoms with Crippen molar-refractivity contribution in [2.75, 3.05) is 0 Å². The Morgan fingerprint density at radius 1 is 1.26 bits per heavy atom. The lowest BCUT2D eigenvalue weighted by atomic mass is 10.2. The van der Waals surface area contributed by atoms with Crippen LogP contribution in [0.3, 0.4) is 0 Å². The summed E-state index contributed by atoms with van der Waals surface area (Å²) >= 11 is 5.90. The highest BCUT2D eigenvalue weighted by atomic mass is 35.5. The first-order valence-corrected chi connectivity index (χ1v) is 10.3. The van der Waals surface area contributed by atoms with E-state index < -0.39 is 0 Å². The smallest absolute Gasteiger partial charge is 0.258 e. The number of carbonyl (C=O) groups excluding carboxylic acids is 1. The van der Waals surface area contributed by atoms with Crippen LogP contribution in [0.1, 0.15) is 46.2 Å². The normalized spacial score (nSPS) is 13.4. The Hall–Kier alpha value is -3.52. The number of hydrogen-bond acceptors (Lipinski definition) is 6. The molecule has 1 aliphatic rings. The minimum atomic E-state index is -0.208. The maximum absolute atomic E-state index is 12.7. The predicted molar refractivity (Wildman–Crippen MR) is 114 cm³/mol. The van der Waals surface area contributed by atoms with Gasteiger partial charge in [-0.1, -0.05) is 28.9 Å². The van der Waals surface area contributed by atoms with Crippen LogP contribution < -0.4 is 5.32 Å². The molecule has 156 valence electrons. The zero-order chi connectivity index (χ0) is 21.4. The summed E-state index contributed by atoms with van der Waals surface area (Å²) in [5.41, 5.74) is 2.88. The summed E-state index contributed by atoms with van der Waals surface area (Å²) in [6, 6.07) is 11.0. The fourth-order valence-corrected chi connectivity index (χ4v) is 3.40. The molecule has 3 aromatic heterocycles. The first kappa shape index (κ1) is 19.4. The average Bonchev–Trinajstić information content (AvgIpc) is 3.38. The summed E-state index contributed by atoms with van der Waals surface area (Å²) in [6.45, 7) is 2.23. The number of aromatic nitrogens is 5. The van der Waals surface area contributed by atoms with Crippen LogP contribution in [0, 0.1) is 6.92 Å². The van der Waals surface area contributed by atoms with Crippen molar-refractivity contribution < 1.29 is 9.32 Å². The number of benzene rings is 1. The van der Waals surface area contributed by atoms with E-state index in [0.29, 0.717) is 40.5 Å². The molecule has 0 unspecified atom stereocenters. The molecule has 1 aliphatic carbocycles. The van der Waals surface area contributed by atoms with E-state index in [9.17, 15) is 4.79 Å². The Morgan fingerprint density at radius 3 is 2.84 bits per heavy atom. The molecule has 1 aromatic carbocycles. The first-order chi connectivity index (χ1) is 15.1. The highest BCUT2D eigenvalue weighted by Gasteiger charge is 2.29. The molecule has 1 N–H and O–H groups in total. The van der Waals surface area contributed by atoms with Gasteiger partial charge in [0.25, 0.3) is 11.8 Å². The molecule has 0 aliphatic heterocycles. The van der Waals surface area contributed by atoms with Gasteiger partial charge in [-0.25, -0.2) is 9.67 Å². The Balaban J connectivity index is 1.34. The minimum Gasteiger partial charge on any atom is -0.348 e. The van der Waals surface area contributed by atoms with E-state index >= 15 is 0 Å². The number of hydrogen-bond donors (Lipinski definition) is 1. The third-order valence-electron chi connectivity index (χ3n) is 5.21. The molecule has 1 fully saturated rings. The second kappa shape index (κ2) is 7.96. The maximum atomic E-state index is 12.7. The van der Waals surface area contributed by atoms with E-state index in [1.807, 2.05) is 31.2 Å². The van der Waals surface area contributed by atoms with Crippen LogP contribution in [0.4, 0.5) is 0 Å². The number of nitrogens with one attached hydrogen (secondary N) is 1. The van der Waals surface area contributed by atoms with Gasteiger partial charge in [-0.15, -0.1) is 0 Å². The van der Waals surface area contributed by atoms with Crippen LogP contribution in [0.15, 0.2) is 53.3 Å². The molecule has 4 aromatic rings. The highest BCUT2D eigenvalue weighted by Crippen LogP contribution is 2.38. The van der Waals surface area contributed by atoms with Crippen LogP contribution >= 0.6 is 11.6 Å². The van der Waals surface area contributed by atoms with Gasteiger partial charge >= 0.3 is 0 Å². The van der Waals surface area contributed by atoms with Crippen molar-refractivity contribution in [1.82, 2.24) is 30.2 Å². The zero-order valence-corrected chi connectivity index (χ0v) is 17.5. The van der Waals surface area contributed by atoms with Gasteiger partial charge in [-0.2, -0.15) is 10.1 Å². The lowest BCUT2D eigenvalue weighted by Gasteiger charge is -2.07. The molecule has 9 heteroatoms. The van der Waals surface area contributed by atoms with Crippen molar-refractivity contribution in [1.29, 1.82) is 0 Å². The largest absolute Gasteiger partial charge is 0.348 e. The summed E-state index contributed by atoms with van der Waals surface area (Å²) in [7, 11) is 0. The Kier molecular flexibility index (Phi) is 4.99. The number of halogens is 1. The first-order valence-electron chi connectivity index (χ1n) is 9.96. The highest BCUT2D eigenvalue weighted by molar-refractivity contribution is 6.30. The zero-order valence-electron chi connectivity index (χ0n) is 16.7. The molecule has 1 saturated carbocycles. The van der Waals surface area contributed by atoms with E-state index in [1.54, 1.807) is 29.2 Å². The van der Waals surface area contributed by atoms with Gasteiger partial charge in [-0.3, -0.25) is 4.79 Å². The molecule has 3 heterocycles. The topological polar surface area (TPSA) is 98.7 Å². The van der Waals surface area contributed by atoms with Crippen molar-refractivity contribution in [3.8, 4) is 17.3 Å². The SMILES string of the molecule is Cc1c(C(=O)NCc2ccc(Cl)cc2)cnn1-c1cc(-c2nc(C3CC3)no2)ccn1. The van der Waals surface area contributed by atoms with Gasteiger partial charge in [0.15, 0.2) is 11.6 Å². The summed E-state index contributed by atoms with van der Waals surface area (Å²) in [5.74, 6) is 1.99. The third-order valence-corrected chi connectivity index (χ3v) is 5.47. The van der Waals surface area contributed by atoms with Crippen LogP contribution in [0.25, 0.3) is 17.3 Å². The van der Waals surface area contributed by atoms with Gasteiger partial charge < -0.3 is 9.84 Å². The van der Waals surface area contributed by atoms with E-state index in [1.165, 1.54) is 0 Å². The molecule has 0 spiro atoms. The van der Waals surface area contributed by atoms with Gasteiger partial charge in [0.05, 0.1) is 17.5 Å². The van der Waals surface area contributed by atoms with Crippen molar-refractivity contribution in [3.63, 3.8) is 0 Å². The van der Waals surface area contributed by atoms with Crippen molar-refractivity contribution in [2.45, 2.75) is 32.2 Å². The lowest BCUT2D eigenvalue weighted by molar-refractivity contribution is 0.0950. The van der Waals surface area contributed by atoms with E-state index in [-0.39, 0.29) is 5.91 Å². The summed E-state index contributed by atoms with van der Waals surface area (Å²) in [4.78, 5) is 21.5. The third kappa shape index (κ3) is 4.06. The summed E-state index contributed by atoms with van der Waals surface area (Å²) in [6.07, 6.45) is 5.41. The Bertz CT molecular complexity index is 1240. The van der Waals surface area contributed by atoms with Crippen LogP contribution in [0.5, 0.6) is 0 Å². The van der Waals surface area contributed by atoms with Gasteiger partial charge in [0.1, 0.15) is 0 Å². The van der Waals surface area contributed by atoms with E-state index in [0.717, 1.165) is 29.8 Å². The van der Waals surface area contributed by atoms with Crippen molar-refractivity contribution in [3.05, 3.63) is 76.5 Å². The molecule has 0 atom stereocenters. The molecule has 8 nitrogen and oxygen atoms in total. The lowest BCUT2D eigenvalue weighted by Crippen LogP contribution is -2.23. The number of rotatable bonds is 6. The fraction of sp³-hybridized carbons (Fsp3) is 0.227. The molecule has 0 saturated heterocycles. The molecule has 0 radical (unpaired) electrons. The van der Waals surface area contributed by atoms with Crippen LogP contribution in [0.2, 0.25) is 5.02 Å². The van der Waals surface area contributed by atoms with Crippen LogP contribution in [-0.4, -0.2) is 30.8 Å². The second-order valence-electron chi connectivity index (χ2n) is 7.50. The molecular weight excluding hydrogens is 416 g/mol. The summed E-state index contributed by atoms with van der Waals surface area (Å²) < 4.78 is 7.03. The van der Waals surface area contributed by atoms with Crippen molar-refractivity contribution in [2.24, 2.45) is 0 Å². The number of nitrogens with zero attached hydrogens (tertiary/aromatic N) is 5. The number of carbonyl (C=O) groups is 1. The van der Waals surface area contributed by atoms with Gasteiger partial charge in [-0.05, 0) is 49.6 Å². The second-order valence-corrected chi connectivity index (χ2v) is 7.94. The quantitative estimate of drug-likeness (QED) is 0.490. The Labute approximate surface area is 183 Å². The van der Waals surface area contributed by atoms with Crippen molar-refractivity contribution >= 4 is 17.5 Å². The van der Waals surface area contributed by atoms with Gasteiger partial charge in [0.2, 0.25) is 0 Å². The van der Waals surface area contributed by atoms with E-state index in [4.69, 9.17) is 16.1 Å². The molecule has 1 amide bonds. The standard InChI is InChI=1S/C22H19ClN6O2/c1-13-18(21(30)25-11-14-2-6-17(23)7-3-14)12-26-29(13)19-10-16(8-9-24-19)22-27-20(28-31-22)15-4-5-15/h2-3,6-10,12,15H,4-5,11H2,1H3,(H,25,30). The Morgan fingerprint density at radius 2 is 2.06 bits per heavy atom. The fourth-order valence-electron chi connectivity index (χ4n) is 3.27. The van der Waals surface area contributed by atoms with Crippen LogP contribution in [-0.2, 0) is 6.54 Å². The van der Waals surface area contributed by atoms with E-state index in [2.05, 4.69) is 25.5 Å². The minimum absolute atomic E-state index is 0.208. The molecule has 0 bridgehead atoms. The molecule has 5 rings (SSSR count). The predicted octanol–water partition coefficient (Wildman–Crippen LogP) is 4.09. The monoisotopic (exact) mass is 434 g/mol. The molecular formula is C22H19ClN6O2.